The molecular weight excluding hydrogens is 428 g/mol. The largest absolute Gasteiger partial charge is 0.462 e. The summed E-state index contributed by atoms with van der Waals surface area (Å²) in [7, 11) is 3.56. The summed E-state index contributed by atoms with van der Waals surface area (Å²) in [6, 6.07) is 0. The second-order valence-electron chi connectivity index (χ2n) is 7.39. The van der Waals surface area contributed by atoms with E-state index < -0.39 is 0 Å². The second-order valence-corrected chi connectivity index (χ2v) is 8.04. The van der Waals surface area contributed by atoms with Gasteiger partial charge in [0.1, 0.15) is 17.6 Å². The molecule has 0 bridgehead atoms. The lowest BCUT2D eigenvalue weighted by molar-refractivity contribution is -0.145. The fraction of sp³-hybridized carbons (Fsp3) is 0.737. The number of unbranched alkanes of at least 4 members (excludes halogenated alkanes) is 5. The summed E-state index contributed by atoms with van der Waals surface area (Å²) in [6.45, 7) is 2.90. The molecule has 0 saturated heterocycles. The fourth-order valence-electron chi connectivity index (χ4n) is 3.66. The molecule has 1 aromatic rings. The maximum absolute atomic E-state index is 12.1. The van der Waals surface area contributed by atoms with Crippen LogP contribution in [0.2, 0.25) is 0 Å². The van der Waals surface area contributed by atoms with Gasteiger partial charge in [0.2, 0.25) is 0 Å². The zero-order valence-corrected chi connectivity index (χ0v) is 18.6. The number of hydrogen-bond acceptors (Lipinski definition) is 6. The number of anilines is 2. The highest BCUT2D eigenvalue weighted by Crippen LogP contribution is 2.29. The van der Waals surface area contributed by atoms with Crippen molar-refractivity contribution in [1.29, 1.82) is 0 Å². The summed E-state index contributed by atoms with van der Waals surface area (Å²) < 4.78 is 6.74. The maximum atomic E-state index is 12.1. The predicted molar refractivity (Wildman–Crippen MR) is 115 cm³/mol. The van der Waals surface area contributed by atoms with Crippen molar-refractivity contribution in [2.24, 2.45) is 7.05 Å². The molecule has 1 atom stereocenters. The van der Waals surface area contributed by atoms with Crippen molar-refractivity contribution in [3.8, 4) is 0 Å². The van der Waals surface area contributed by atoms with Gasteiger partial charge in [-0.05, 0) is 19.3 Å². The van der Waals surface area contributed by atoms with Gasteiger partial charge in [0.15, 0.2) is 0 Å². The van der Waals surface area contributed by atoms with Gasteiger partial charge < -0.3 is 14.5 Å². The molecule has 0 radical (unpaired) electrons. The van der Waals surface area contributed by atoms with E-state index in [2.05, 4.69) is 25.8 Å². The molecule has 0 aromatic carbocycles. The molecule has 0 spiro atoms. The van der Waals surface area contributed by atoms with Gasteiger partial charge >= 0.3 is 11.7 Å². The van der Waals surface area contributed by atoms with E-state index in [4.69, 9.17) is 4.74 Å². The molecule has 2 rings (SSSR count). The van der Waals surface area contributed by atoms with Crippen LogP contribution < -0.4 is 21.0 Å². The average molecular weight is 459 g/mol. The van der Waals surface area contributed by atoms with Crippen molar-refractivity contribution in [3.63, 3.8) is 0 Å². The third-order valence-electron chi connectivity index (χ3n) is 5.04. The Morgan fingerprint density at radius 3 is 2.43 bits per heavy atom. The molecule has 1 N–H and O–H groups in total. The van der Waals surface area contributed by atoms with Crippen molar-refractivity contribution in [2.75, 3.05) is 35.4 Å². The molecular formula is C19H31BrN4O4. The van der Waals surface area contributed by atoms with Crippen molar-refractivity contribution in [1.82, 2.24) is 9.55 Å². The monoisotopic (exact) mass is 458 g/mol. The number of carbonyl (C=O) groups is 1. The molecule has 1 unspecified atom stereocenters. The molecule has 1 aliphatic rings. The van der Waals surface area contributed by atoms with E-state index >= 15 is 0 Å². The molecule has 1 aliphatic heterocycles. The van der Waals surface area contributed by atoms with Gasteiger partial charge in [-0.25, -0.2) is 4.79 Å². The van der Waals surface area contributed by atoms with E-state index in [1.807, 2.05) is 11.9 Å². The van der Waals surface area contributed by atoms with Gasteiger partial charge in [-0.2, -0.15) is 0 Å². The second kappa shape index (κ2) is 10.7. The number of fused-ring (bicyclic) bond motifs is 1. The number of alkyl halides is 1. The molecule has 0 amide bonds. The Balaban J connectivity index is 1.69. The molecule has 0 aliphatic carbocycles. The minimum atomic E-state index is -0.375. The van der Waals surface area contributed by atoms with E-state index in [-0.39, 0.29) is 23.3 Å². The highest BCUT2D eigenvalue weighted by molar-refractivity contribution is 9.09. The minimum absolute atomic E-state index is 0.0282. The van der Waals surface area contributed by atoms with Crippen LogP contribution in [-0.4, -0.2) is 47.2 Å². The van der Waals surface area contributed by atoms with Gasteiger partial charge in [-0.3, -0.25) is 19.1 Å². The summed E-state index contributed by atoms with van der Waals surface area (Å²) in [4.78, 5) is 41.3. The lowest BCUT2D eigenvalue weighted by Gasteiger charge is -2.20. The zero-order chi connectivity index (χ0) is 20.7. The fourth-order valence-corrected chi connectivity index (χ4v) is 4.11. The standard InChI is InChI=1S/C19H31BrN4O4/c1-14(25)28-15(12-20)10-8-6-4-5-7-9-11-24-13-22(2)16-17(26)21-19(27)23(3)18(16)24/h15H,4-13H2,1-3H3,(H,21,26,27). The number of nitrogens with one attached hydrogen (secondary N) is 1. The lowest BCUT2D eigenvalue weighted by Crippen LogP contribution is -2.32. The summed E-state index contributed by atoms with van der Waals surface area (Å²) in [5.74, 6) is 0.487. The molecule has 158 valence electrons. The van der Waals surface area contributed by atoms with E-state index in [9.17, 15) is 14.4 Å². The van der Waals surface area contributed by atoms with E-state index in [1.165, 1.54) is 11.5 Å². The van der Waals surface area contributed by atoms with E-state index in [1.54, 1.807) is 7.05 Å². The van der Waals surface area contributed by atoms with Crippen LogP contribution in [0.5, 0.6) is 0 Å². The number of nitrogens with zero attached hydrogens (tertiary/aromatic N) is 3. The predicted octanol–water partition coefficient (Wildman–Crippen LogP) is 2.34. The van der Waals surface area contributed by atoms with Crippen molar-refractivity contribution >= 4 is 33.4 Å². The molecule has 9 heteroatoms. The number of esters is 1. The Morgan fingerprint density at radius 1 is 1.14 bits per heavy atom. The van der Waals surface area contributed by atoms with Gasteiger partial charge in [0, 0.05) is 32.9 Å². The first kappa shape index (κ1) is 22.5. The Bertz CT molecular complexity index is 776. The van der Waals surface area contributed by atoms with Crippen LogP contribution in [0.4, 0.5) is 11.5 Å². The SMILES string of the molecule is CC(=O)OC(CBr)CCCCCCCCN1CN(C)c2c1n(C)c(=O)[nH]c2=O. The van der Waals surface area contributed by atoms with Crippen LogP contribution in [-0.2, 0) is 16.6 Å². The van der Waals surface area contributed by atoms with Gasteiger partial charge in [-0.1, -0.05) is 41.6 Å². The molecule has 1 aromatic heterocycles. The quantitative estimate of drug-likeness (QED) is 0.311. The summed E-state index contributed by atoms with van der Waals surface area (Å²) >= 11 is 3.38. The number of ether oxygens (including phenoxy) is 1. The molecule has 2 heterocycles. The Kier molecular flexibility index (Phi) is 8.59. The zero-order valence-electron chi connectivity index (χ0n) is 17.0. The van der Waals surface area contributed by atoms with Crippen LogP contribution in [0, 0.1) is 0 Å². The van der Waals surface area contributed by atoms with Crippen molar-refractivity contribution in [3.05, 3.63) is 20.8 Å². The van der Waals surface area contributed by atoms with Crippen LogP contribution in [0.1, 0.15) is 51.9 Å². The normalized spacial score (nSPS) is 14.3. The highest BCUT2D eigenvalue weighted by Gasteiger charge is 2.28. The summed E-state index contributed by atoms with van der Waals surface area (Å²) in [6.07, 6.45) is 7.48. The minimum Gasteiger partial charge on any atom is -0.462 e. The van der Waals surface area contributed by atoms with Crippen molar-refractivity contribution < 1.29 is 9.53 Å². The Labute approximate surface area is 174 Å². The van der Waals surface area contributed by atoms with Crippen LogP contribution in [0.15, 0.2) is 9.59 Å². The summed E-state index contributed by atoms with van der Waals surface area (Å²) in [5, 5.41) is 0.684. The van der Waals surface area contributed by atoms with E-state index in [0.29, 0.717) is 23.5 Å². The number of carbonyl (C=O) groups excluding carboxylic acids is 1. The van der Waals surface area contributed by atoms with Gasteiger partial charge in [-0.15, -0.1) is 0 Å². The maximum Gasteiger partial charge on any atom is 0.329 e. The summed E-state index contributed by atoms with van der Waals surface area (Å²) in [5.41, 5.74) is -0.130. The topological polar surface area (TPSA) is 87.6 Å². The van der Waals surface area contributed by atoms with Crippen LogP contribution in [0.3, 0.4) is 0 Å². The van der Waals surface area contributed by atoms with E-state index in [0.717, 1.165) is 51.5 Å². The Hall–Kier alpha value is -1.77. The highest BCUT2D eigenvalue weighted by atomic mass is 79.9. The molecule has 0 saturated carbocycles. The third kappa shape index (κ3) is 5.86. The first-order valence-corrected chi connectivity index (χ1v) is 11.0. The number of hydrogen-bond donors (Lipinski definition) is 1. The number of aromatic nitrogens is 2. The molecule has 0 fully saturated rings. The lowest BCUT2D eigenvalue weighted by atomic mass is 10.1. The smallest absolute Gasteiger partial charge is 0.329 e. The number of halogens is 1. The van der Waals surface area contributed by atoms with Gasteiger partial charge in [0.05, 0.1) is 6.67 Å². The number of rotatable bonds is 11. The Morgan fingerprint density at radius 2 is 1.79 bits per heavy atom. The first-order chi connectivity index (χ1) is 13.3. The molecule has 8 nitrogen and oxygen atoms in total. The average Bonchev–Trinajstić information content (AvgIpc) is 2.97. The van der Waals surface area contributed by atoms with Crippen LogP contribution in [0.25, 0.3) is 0 Å². The van der Waals surface area contributed by atoms with Crippen molar-refractivity contribution in [2.45, 2.75) is 58.0 Å². The first-order valence-electron chi connectivity index (χ1n) is 9.87. The van der Waals surface area contributed by atoms with Gasteiger partial charge in [0.25, 0.3) is 5.56 Å². The number of H-pyrrole nitrogens is 1. The van der Waals surface area contributed by atoms with Crippen LogP contribution >= 0.6 is 15.9 Å². The number of aromatic amines is 1. The molecule has 28 heavy (non-hydrogen) atoms. The third-order valence-corrected chi connectivity index (χ3v) is 5.76.